The average molecular weight is 428 g/mol. The molecular formula is C19H14ClN5O3S. The molecular weight excluding hydrogens is 414 g/mol. The smallest absolute Gasteiger partial charge is 0.289 e. The Balaban J connectivity index is 1.56. The Labute approximate surface area is 174 Å². The van der Waals surface area contributed by atoms with E-state index >= 15 is 0 Å². The molecule has 1 aromatic heterocycles. The van der Waals surface area contributed by atoms with Crippen molar-refractivity contribution in [3.05, 3.63) is 71.3 Å². The molecule has 1 aliphatic heterocycles. The molecule has 1 saturated heterocycles. The summed E-state index contributed by atoms with van der Waals surface area (Å²) in [6, 6.07) is 11.8. The van der Waals surface area contributed by atoms with Crippen molar-refractivity contribution in [2.45, 2.75) is 6.54 Å². The maximum absolute atomic E-state index is 12.8. The number of hydrogen-bond donors (Lipinski definition) is 1. The number of anilines is 1. The van der Waals surface area contributed by atoms with Crippen molar-refractivity contribution in [1.29, 1.82) is 0 Å². The van der Waals surface area contributed by atoms with E-state index in [1.54, 1.807) is 42.5 Å². The maximum Gasteiger partial charge on any atom is 0.289 e. The van der Waals surface area contributed by atoms with E-state index < -0.39 is 0 Å². The molecule has 0 bridgehead atoms. The summed E-state index contributed by atoms with van der Waals surface area (Å²) in [5.41, 5.74) is 2.16. The third kappa shape index (κ3) is 4.15. The van der Waals surface area contributed by atoms with Crippen molar-refractivity contribution in [2.75, 3.05) is 11.1 Å². The van der Waals surface area contributed by atoms with Crippen molar-refractivity contribution in [3.8, 4) is 5.69 Å². The number of amides is 3. The summed E-state index contributed by atoms with van der Waals surface area (Å²) in [7, 11) is 0. The predicted octanol–water partition coefficient (Wildman–Crippen LogP) is 3.37. The van der Waals surface area contributed by atoms with Crippen molar-refractivity contribution < 1.29 is 14.4 Å². The lowest BCUT2D eigenvalue weighted by Gasteiger charge is -2.14. The summed E-state index contributed by atoms with van der Waals surface area (Å²) >= 11 is 7.07. The molecule has 29 heavy (non-hydrogen) atoms. The van der Waals surface area contributed by atoms with Crippen molar-refractivity contribution in [1.82, 2.24) is 19.7 Å². The number of benzene rings is 2. The van der Waals surface area contributed by atoms with E-state index in [1.165, 1.54) is 22.2 Å². The van der Waals surface area contributed by atoms with E-state index in [9.17, 15) is 14.4 Å². The second-order valence-corrected chi connectivity index (χ2v) is 7.55. The van der Waals surface area contributed by atoms with Crippen LogP contribution in [0, 0.1) is 0 Å². The molecule has 0 unspecified atom stereocenters. The Hall–Kier alpha value is -3.17. The summed E-state index contributed by atoms with van der Waals surface area (Å²) < 4.78 is 1.52. The van der Waals surface area contributed by atoms with Crippen LogP contribution in [0.4, 0.5) is 10.5 Å². The van der Waals surface area contributed by atoms with E-state index in [0.29, 0.717) is 27.5 Å². The predicted molar refractivity (Wildman–Crippen MR) is 109 cm³/mol. The summed E-state index contributed by atoms with van der Waals surface area (Å²) in [5, 5.41) is 7.10. The molecule has 146 valence electrons. The van der Waals surface area contributed by atoms with Gasteiger partial charge in [0.05, 0.1) is 23.7 Å². The van der Waals surface area contributed by atoms with Crippen LogP contribution in [0.1, 0.15) is 15.9 Å². The molecule has 8 nitrogen and oxygen atoms in total. The second kappa shape index (κ2) is 8.06. The molecule has 0 saturated carbocycles. The Morgan fingerprint density at radius 1 is 1.21 bits per heavy atom. The zero-order valence-corrected chi connectivity index (χ0v) is 16.5. The number of thioether (sulfide) groups is 1. The van der Waals surface area contributed by atoms with Gasteiger partial charge in [-0.1, -0.05) is 35.5 Å². The SMILES string of the molecule is O=C(Nc1cc(Cl)ccc1-n1cncn1)c1cccc(CN2C(=O)CSC2=O)c1. The van der Waals surface area contributed by atoms with Gasteiger partial charge < -0.3 is 5.32 Å². The fraction of sp³-hybridized carbons (Fsp3) is 0.105. The monoisotopic (exact) mass is 427 g/mol. The largest absolute Gasteiger partial charge is 0.320 e. The lowest BCUT2D eigenvalue weighted by Crippen LogP contribution is -2.28. The van der Waals surface area contributed by atoms with Crippen LogP contribution in [0.5, 0.6) is 0 Å². The van der Waals surface area contributed by atoms with Gasteiger partial charge in [-0.25, -0.2) is 9.67 Å². The average Bonchev–Trinajstić information content (AvgIpc) is 3.34. The van der Waals surface area contributed by atoms with E-state index in [4.69, 9.17) is 11.6 Å². The zero-order chi connectivity index (χ0) is 20.4. The van der Waals surface area contributed by atoms with Crippen LogP contribution in [0.15, 0.2) is 55.1 Å². The van der Waals surface area contributed by atoms with Crippen LogP contribution in [0.25, 0.3) is 5.69 Å². The van der Waals surface area contributed by atoms with Crippen LogP contribution in [0.2, 0.25) is 5.02 Å². The molecule has 1 N–H and O–H groups in total. The number of nitrogens with one attached hydrogen (secondary N) is 1. The standard InChI is InChI=1S/C19H14ClN5O3S/c20-14-4-5-16(25-11-21-10-22-25)15(7-14)23-18(27)13-3-1-2-12(6-13)8-24-17(26)9-29-19(24)28/h1-7,10-11H,8-9H2,(H,23,27). The lowest BCUT2D eigenvalue weighted by molar-refractivity contribution is -0.125. The molecule has 1 aliphatic rings. The van der Waals surface area contributed by atoms with Gasteiger partial charge in [-0.05, 0) is 35.9 Å². The van der Waals surface area contributed by atoms with Crippen LogP contribution >= 0.6 is 23.4 Å². The quantitative estimate of drug-likeness (QED) is 0.670. The molecule has 0 aliphatic carbocycles. The van der Waals surface area contributed by atoms with Gasteiger partial charge in [-0.2, -0.15) is 5.10 Å². The van der Waals surface area contributed by atoms with Gasteiger partial charge in [0.1, 0.15) is 12.7 Å². The summed E-state index contributed by atoms with van der Waals surface area (Å²) in [6.07, 6.45) is 2.91. The first-order chi connectivity index (χ1) is 14.0. The lowest BCUT2D eigenvalue weighted by atomic mass is 10.1. The van der Waals surface area contributed by atoms with Gasteiger partial charge >= 0.3 is 0 Å². The Morgan fingerprint density at radius 3 is 2.79 bits per heavy atom. The fourth-order valence-electron chi connectivity index (χ4n) is 2.86. The highest BCUT2D eigenvalue weighted by atomic mass is 35.5. The normalized spacial score (nSPS) is 13.8. The van der Waals surface area contributed by atoms with Crippen molar-refractivity contribution in [2.24, 2.45) is 0 Å². The third-order valence-electron chi connectivity index (χ3n) is 4.24. The molecule has 0 spiro atoms. The van der Waals surface area contributed by atoms with Crippen LogP contribution in [-0.4, -0.2) is 42.5 Å². The Morgan fingerprint density at radius 2 is 2.07 bits per heavy atom. The Bertz CT molecular complexity index is 1090. The topological polar surface area (TPSA) is 97.2 Å². The van der Waals surface area contributed by atoms with E-state index in [1.807, 2.05) is 0 Å². The van der Waals surface area contributed by atoms with Crippen molar-refractivity contribution >= 4 is 46.1 Å². The van der Waals surface area contributed by atoms with Gasteiger partial charge in [0.25, 0.3) is 11.1 Å². The Kier molecular flexibility index (Phi) is 5.32. The molecule has 3 aromatic rings. The highest BCUT2D eigenvalue weighted by molar-refractivity contribution is 8.14. The number of carbonyl (C=O) groups excluding carboxylic acids is 3. The summed E-state index contributed by atoms with van der Waals surface area (Å²) in [5.74, 6) is -0.436. The number of halogens is 1. The van der Waals surface area contributed by atoms with Crippen LogP contribution in [0.3, 0.4) is 0 Å². The van der Waals surface area contributed by atoms with Gasteiger partial charge in [0.2, 0.25) is 5.91 Å². The van der Waals surface area contributed by atoms with Gasteiger partial charge in [-0.3, -0.25) is 19.3 Å². The minimum Gasteiger partial charge on any atom is -0.320 e. The maximum atomic E-state index is 12.8. The number of imide groups is 1. The second-order valence-electron chi connectivity index (χ2n) is 6.19. The van der Waals surface area contributed by atoms with Gasteiger partial charge in [-0.15, -0.1) is 0 Å². The van der Waals surface area contributed by atoms with Crippen LogP contribution < -0.4 is 5.32 Å². The van der Waals surface area contributed by atoms with Gasteiger partial charge in [0.15, 0.2) is 0 Å². The number of rotatable bonds is 5. The molecule has 2 aromatic carbocycles. The summed E-state index contributed by atoms with van der Waals surface area (Å²) in [4.78, 5) is 41.5. The van der Waals surface area contributed by atoms with E-state index in [0.717, 1.165) is 11.8 Å². The fourth-order valence-corrected chi connectivity index (χ4v) is 3.76. The van der Waals surface area contributed by atoms with Gasteiger partial charge in [0, 0.05) is 10.6 Å². The zero-order valence-electron chi connectivity index (χ0n) is 14.9. The van der Waals surface area contributed by atoms with E-state index in [2.05, 4.69) is 15.4 Å². The first kappa shape index (κ1) is 19.2. The summed E-state index contributed by atoms with van der Waals surface area (Å²) in [6.45, 7) is 0.132. The highest BCUT2D eigenvalue weighted by Crippen LogP contribution is 2.25. The highest BCUT2D eigenvalue weighted by Gasteiger charge is 2.29. The minimum atomic E-state index is -0.357. The molecule has 4 rings (SSSR count). The van der Waals surface area contributed by atoms with Crippen molar-refractivity contribution in [3.63, 3.8) is 0 Å². The molecule has 10 heteroatoms. The minimum absolute atomic E-state index is 0.132. The van der Waals surface area contributed by atoms with E-state index in [-0.39, 0.29) is 29.4 Å². The first-order valence-electron chi connectivity index (χ1n) is 8.53. The third-order valence-corrected chi connectivity index (χ3v) is 5.34. The number of carbonyl (C=O) groups is 3. The first-order valence-corrected chi connectivity index (χ1v) is 9.89. The number of aromatic nitrogens is 3. The molecule has 0 radical (unpaired) electrons. The molecule has 2 heterocycles. The molecule has 3 amide bonds. The number of nitrogens with zero attached hydrogens (tertiary/aromatic N) is 4. The molecule has 1 fully saturated rings. The number of hydrogen-bond acceptors (Lipinski definition) is 6. The van der Waals surface area contributed by atoms with Crippen LogP contribution in [-0.2, 0) is 11.3 Å². The molecule has 0 atom stereocenters.